The molecule has 4 heteroatoms. The van der Waals surface area contributed by atoms with Crippen LogP contribution in [0, 0.1) is 18.6 Å². The Bertz CT molecular complexity index is 326. The van der Waals surface area contributed by atoms with Crippen LogP contribution in [-0.4, -0.2) is 6.54 Å². The summed E-state index contributed by atoms with van der Waals surface area (Å²) in [5.74, 6) is -1.62. The van der Waals surface area contributed by atoms with E-state index in [4.69, 9.17) is 17.3 Å². The van der Waals surface area contributed by atoms with E-state index in [0.29, 0.717) is 5.56 Å². The minimum atomic E-state index is -0.701. The van der Waals surface area contributed by atoms with Crippen molar-refractivity contribution in [3.63, 3.8) is 0 Å². The first-order valence-electron chi connectivity index (χ1n) is 4.33. The standard InChI is InChI=1S/C10H12ClF2N/c1-5-3-7(11)10(13)8(9(5)12)6(2)4-14/h3,6H,4,14H2,1-2H3. The van der Waals surface area contributed by atoms with Gasteiger partial charge in [-0.3, -0.25) is 0 Å². The third-order valence-corrected chi connectivity index (χ3v) is 2.49. The second-order valence-electron chi connectivity index (χ2n) is 3.35. The summed E-state index contributed by atoms with van der Waals surface area (Å²) in [5, 5.41) is -0.0563. The molecule has 1 atom stereocenters. The summed E-state index contributed by atoms with van der Waals surface area (Å²) in [5.41, 5.74) is 5.69. The summed E-state index contributed by atoms with van der Waals surface area (Å²) in [4.78, 5) is 0. The summed E-state index contributed by atoms with van der Waals surface area (Å²) in [6.07, 6.45) is 0. The Balaban J connectivity index is 3.39. The van der Waals surface area contributed by atoms with E-state index >= 15 is 0 Å². The topological polar surface area (TPSA) is 26.0 Å². The Kier molecular flexibility index (Phi) is 3.45. The van der Waals surface area contributed by atoms with E-state index in [1.165, 1.54) is 6.07 Å². The van der Waals surface area contributed by atoms with Gasteiger partial charge in [0.1, 0.15) is 11.6 Å². The number of halogens is 3. The monoisotopic (exact) mass is 219 g/mol. The van der Waals surface area contributed by atoms with Gasteiger partial charge in [0.05, 0.1) is 5.02 Å². The highest BCUT2D eigenvalue weighted by Gasteiger charge is 2.19. The van der Waals surface area contributed by atoms with Crippen molar-refractivity contribution >= 4 is 11.6 Å². The zero-order valence-electron chi connectivity index (χ0n) is 8.07. The fourth-order valence-electron chi connectivity index (χ4n) is 1.30. The van der Waals surface area contributed by atoms with Crippen molar-refractivity contribution in [3.05, 3.63) is 33.9 Å². The Morgan fingerprint density at radius 1 is 1.43 bits per heavy atom. The van der Waals surface area contributed by atoms with Gasteiger partial charge in [-0.2, -0.15) is 0 Å². The fourth-order valence-corrected chi connectivity index (χ4v) is 1.57. The van der Waals surface area contributed by atoms with Gasteiger partial charge in [0.2, 0.25) is 0 Å². The highest BCUT2D eigenvalue weighted by molar-refractivity contribution is 6.30. The van der Waals surface area contributed by atoms with E-state index in [9.17, 15) is 8.78 Å². The first kappa shape index (κ1) is 11.4. The molecule has 14 heavy (non-hydrogen) atoms. The zero-order chi connectivity index (χ0) is 10.9. The van der Waals surface area contributed by atoms with E-state index in [1.54, 1.807) is 13.8 Å². The molecule has 0 bridgehead atoms. The van der Waals surface area contributed by atoms with Gasteiger partial charge in [-0.1, -0.05) is 18.5 Å². The number of hydrogen-bond donors (Lipinski definition) is 1. The number of benzene rings is 1. The van der Waals surface area contributed by atoms with Crippen molar-refractivity contribution in [2.45, 2.75) is 19.8 Å². The Labute approximate surface area is 86.9 Å². The van der Waals surface area contributed by atoms with Crippen molar-refractivity contribution in [3.8, 4) is 0 Å². The molecule has 0 fully saturated rings. The second-order valence-corrected chi connectivity index (χ2v) is 3.76. The van der Waals surface area contributed by atoms with Crippen LogP contribution in [0.25, 0.3) is 0 Å². The van der Waals surface area contributed by atoms with Crippen LogP contribution in [-0.2, 0) is 0 Å². The second kappa shape index (κ2) is 4.24. The minimum Gasteiger partial charge on any atom is -0.330 e. The van der Waals surface area contributed by atoms with E-state index in [-0.39, 0.29) is 23.0 Å². The number of hydrogen-bond acceptors (Lipinski definition) is 1. The molecular formula is C10H12ClF2N. The maximum atomic E-state index is 13.5. The van der Waals surface area contributed by atoms with Gasteiger partial charge in [-0.25, -0.2) is 8.78 Å². The minimum absolute atomic E-state index is 0.0162. The van der Waals surface area contributed by atoms with E-state index in [2.05, 4.69) is 0 Å². The van der Waals surface area contributed by atoms with Crippen LogP contribution in [0.2, 0.25) is 5.02 Å². The van der Waals surface area contributed by atoms with Crippen molar-refractivity contribution in [2.24, 2.45) is 5.73 Å². The molecule has 1 aromatic carbocycles. The van der Waals surface area contributed by atoms with Crippen LogP contribution in [0.15, 0.2) is 6.07 Å². The smallest absolute Gasteiger partial charge is 0.148 e. The molecule has 1 nitrogen and oxygen atoms in total. The summed E-state index contributed by atoms with van der Waals surface area (Å²) in [6.45, 7) is 3.40. The van der Waals surface area contributed by atoms with E-state index in [0.717, 1.165) is 0 Å². The molecule has 0 radical (unpaired) electrons. The Morgan fingerprint density at radius 2 is 2.00 bits per heavy atom. The quantitative estimate of drug-likeness (QED) is 0.761. The van der Waals surface area contributed by atoms with Crippen LogP contribution in [0.4, 0.5) is 8.78 Å². The Hall–Kier alpha value is -0.670. The average molecular weight is 220 g/mol. The third kappa shape index (κ3) is 1.88. The predicted octanol–water partition coefficient (Wildman–Crippen LogP) is 2.99. The molecular weight excluding hydrogens is 208 g/mol. The van der Waals surface area contributed by atoms with Gasteiger partial charge in [-0.05, 0) is 31.0 Å². The number of nitrogens with two attached hydrogens (primary N) is 1. The van der Waals surface area contributed by atoms with Crippen LogP contribution in [0.1, 0.15) is 24.0 Å². The SMILES string of the molecule is Cc1cc(Cl)c(F)c(C(C)CN)c1F. The molecule has 0 aliphatic carbocycles. The lowest BCUT2D eigenvalue weighted by Gasteiger charge is -2.13. The largest absolute Gasteiger partial charge is 0.330 e. The van der Waals surface area contributed by atoms with Gasteiger partial charge in [0.15, 0.2) is 0 Å². The average Bonchev–Trinajstić information content (AvgIpc) is 2.15. The molecule has 0 aromatic heterocycles. The molecule has 0 saturated carbocycles. The third-order valence-electron chi connectivity index (χ3n) is 2.22. The van der Waals surface area contributed by atoms with Crippen LogP contribution < -0.4 is 5.73 Å². The molecule has 1 aromatic rings. The molecule has 0 saturated heterocycles. The highest BCUT2D eigenvalue weighted by Crippen LogP contribution is 2.29. The normalized spacial score (nSPS) is 13.0. The number of rotatable bonds is 2. The van der Waals surface area contributed by atoms with Gasteiger partial charge in [0, 0.05) is 5.56 Å². The van der Waals surface area contributed by atoms with Crippen LogP contribution in [0.3, 0.4) is 0 Å². The highest BCUT2D eigenvalue weighted by atomic mass is 35.5. The Morgan fingerprint density at radius 3 is 2.50 bits per heavy atom. The van der Waals surface area contributed by atoms with Crippen LogP contribution >= 0.6 is 11.6 Å². The van der Waals surface area contributed by atoms with E-state index < -0.39 is 11.6 Å². The first-order valence-corrected chi connectivity index (χ1v) is 4.70. The number of aryl methyl sites for hydroxylation is 1. The maximum absolute atomic E-state index is 13.5. The van der Waals surface area contributed by atoms with Crippen molar-refractivity contribution in [1.29, 1.82) is 0 Å². The summed E-state index contributed by atoms with van der Waals surface area (Å²) in [7, 11) is 0. The van der Waals surface area contributed by atoms with Crippen molar-refractivity contribution < 1.29 is 8.78 Å². The lowest BCUT2D eigenvalue weighted by atomic mass is 9.98. The molecule has 1 unspecified atom stereocenters. The summed E-state index contributed by atoms with van der Waals surface area (Å²) < 4.78 is 27.0. The fraction of sp³-hybridized carbons (Fsp3) is 0.400. The van der Waals surface area contributed by atoms with Crippen LogP contribution in [0.5, 0.6) is 0 Å². The van der Waals surface area contributed by atoms with Crippen molar-refractivity contribution in [1.82, 2.24) is 0 Å². The first-order chi connectivity index (χ1) is 6.49. The lowest BCUT2D eigenvalue weighted by Crippen LogP contribution is -2.13. The van der Waals surface area contributed by atoms with Gasteiger partial charge in [0.25, 0.3) is 0 Å². The molecule has 0 amide bonds. The predicted molar refractivity (Wildman–Crippen MR) is 53.6 cm³/mol. The molecule has 1 rings (SSSR count). The maximum Gasteiger partial charge on any atom is 0.148 e. The summed E-state index contributed by atoms with van der Waals surface area (Å²) >= 11 is 5.61. The van der Waals surface area contributed by atoms with Crippen molar-refractivity contribution in [2.75, 3.05) is 6.54 Å². The van der Waals surface area contributed by atoms with Gasteiger partial charge >= 0.3 is 0 Å². The lowest BCUT2D eigenvalue weighted by molar-refractivity contribution is 0.529. The zero-order valence-corrected chi connectivity index (χ0v) is 8.83. The van der Waals surface area contributed by atoms with Gasteiger partial charge in [-0.15, -0.1) is 0 Å². The molecule has 0 spiro atoms. The molecule has 78 valence electrons. The summed E-state index contributed by atoms with van der Waals surface area (Å²) in [6, 6.07) is 1.28. The molecule has 0 aliphatic heterocycles. The molecule has 0 heterocycles. The molecule has 2 N–H and O–H groups in total. The molecule has 0 aliphatic rings. The van der Waals surface area contributed by atoms with E-state index in [1.807, 2.05) is 0 Å². The van der Waals surface area contributed by atoms with Gasteiger partial charge < -0.3 is 5.73 Å².